The summed E-state index contributed by atoms with van der Waals surface area (Å²) in [6.07, 6.45) is -0.957. The van der Waals surface area contributed by atoms with Crippen molar-refractivity contribution in [3.63, 3.8) is 0 Å². The molecule has 0 spiro atoms. The Labute approximate surface area is 149 Å². The fourth-order valence-corrected chi connectivity index (χ4v) is 4.12. The van der Waals surface area contributed by atoms with Crippen molar-refractivity contribution < 1.29 is 13.2 Å². The molecule has 0 aliphatic carbocycles. The maximum absolute atomic E-state index is 13.1. The molecule has 1 aromatic heterocycles. The van der Waals surface area contributed by atoms with Crippen molar-refractivity contribution in [2.24, 2.45) is 0 Å². The number of benzene rings is 1. The number of pyridine rings is 1. The number of fused-ring (bicyclic) bond motifs is 1. The van der Waals surface area contributed by atoms with Crippen LogP contribution in [-0.4, -0.2) is 24.3 Å². The van der Waals surface area contributed by atoms with Gasteiger partial charge in [-0.15, -0.1) is 11.8 Å². The summed E-state index contributed by atoms with van der Waals surface area (Å²) in [6, 6.07) is 5.86. The molecule has 7 heteroatoms. The number of halogens is 3. The Morgan fingerprint density at radius 1 is 1.08 bits per heavy atom. The third-order valence-corrected chi connectivity index (χ3v) is 5.32. The first kappa shape index (κ1) is 17.9. The van der Waals surface area contributed by atoms with E-state index in [-0.39, 0.29) is 6.17 Å². The number of nitrogens with zero attached hydrogens (tertiary/aromatic N) is 3. The summed E-state index contributed by atoms with van der Waals surface area (Å²) < 4.78 is 39.2. The van der Waals surface area contributed by atoms with E-state index in [1.54, 1.807) is 24.0 Å². The maximum Gasteiger partial charge on any atom is 0.416 e. The summed E-state index contributed by atoms with van der Waals surface area (Å²) >= 11 is 1.71. The Morgan fingerprint density at radius 2 is 1.76 bits per heavy atom. The van der Waals surface area contributed by atoms with Crippen molar-refractivity contribution in [2.45, 2.75) is 36.3 Å². The Balaban J connectivity index is 2.03. The van der Waals surface area contributed by atoms with Crippen molar-refractivity contribution in [3.05, 3.63) is 47.8 Å². The number of hydrogen-bond donors (Lipinski definition) is 0. The van der Waals surface area contributed by atoms with Gasteiger partial charge in [0.05, 0.1) is 16.9 Å². The SMILES string of the molecule is CC(C)Sc1cnccc1C1N(C)c2ccc(C(F)(F)F)cc2N1C. The first-order valence-corrected chi connectivity index (χ1v) is 8.85. The number of thioether (sulfide) groups is 1. The average molecular weight is 367 g/mol. The Kier molecular flexibility index (Phi) is 4.62. The summed E-state index contributed by atoms with van der Waals surface area (Å²) in [6.45, 7) is 4.21. The van der Waals surface area contributed by atoms with Gasteiger partial charge < -0.3 is 9.80 Å². The molecule has 1 aliphatic heterocycles. The van der Waals surface area contributed by atoms with Crippen LogP contribution in [0.2, 0.25) is 0 Å². The van der Waals surface area contributed by atoms with Gasteiger partial charge in [0.25, 0.3) is 0 Å². The second kappa shape index (κ2) is 6.44. The fourth-order valence-electron chi connectivity index (χ4n) is 3.18. The molecule has 2 aromatic rings. The molecule has 0 saturated heterocycles. The highest BCUT2D eigenvalue weighted by molar-refractivity contribution is 8.00. The van der Waals surface area contributed by atoms with Crippen molar-refractivity contribution >= 4 is 23.1 Å². The van der Waals surface area contributed by atoms with E-state index in [2.05, 4.69) is 18.8 Å². The zero-order valence-electron chi connectivity index (χ0n) is 14.5. The van der Waals surface area contributed by atoms with Crippen LogP contribution in [0, 0.1) is 0 Å². The van der Waals surface area contributed by atoms with Crippen LogP contribution in [0.4, 0.5) is 24.5 Å². The molecule has 0 saturated carbocycles. The summed E-state index contributed by atoms with van der Waals surface area (Å²) in [4.78, 5) is 9.16. The zero-order valence-corrected chi connectivity index (χ0v) is 15.3. The summed E-state index contributed by atoms with van der Waals surface area (Å²) in [5.41, 5.74) is 1.79. The number of anilines is 2. The van der Waals surface area contributed by atoms with Gasteiger partial charge in [0, 0.05) is 42.2 Å². The molecular formula is C18H20F3N3S. The summed E-state index contributed by atoms with van der Waals surface area (Å²) in [5.74, 6) is 0. The largest absolute Gasteiger partial charge is 0.416 e. The maximum atomic E-state index is 13.1. The molecule has 0 amide bonds. The normalized spacial score (nSPS) is 17.4. The molecular weight excluding hydrogens is 347 g/mol. The number of aromatic nitrogens is 1. The van der Waals surface area contributed by atoms with Gasteiger partial charge in [-0.25, -0.2) is 0 Å². The van der Waals surface area contributed by atoms with Gasteiger partial charge in [-0.1, -0.05) is 13.8 Å². The van der Waals surface area contributed by atoms with Crippen molar-refractivity contribution in [1.82, 2.24) is 4.98 Å². The van der Waals surface area contributed by atoms with Crippen LogP contribution in [0.15, 0.2) is 41.6 Å². The van der Waals surface area contributed by atoms with E-state index in [0.29, 0.717) is 10.9 Å². The predicted molar refractivity (Wildman–Crippen MR) is 96.2 cm³/mol. The Bertz CT molecular complexity index is 776. The Hall–Kier alpha value is -1.89. The first-order valence-electron chi connectivity index (χ1n) is 7.97. The lowest BCUT2D eigenvalue weighted by molar-refractivity contribution is -0.137. The molecule has 1 unspecified atom stereocenters. The van der Waals surface area contributed by atoms with Crippen LogP contribution in [0.1, 0.15) is 31.1 Å². The minimum absolute atomic E-state index is 0.164. The first-order chi connectivity index (χ1) is 11.7. The third-order valence-electron chi connectivity index (χ3n) is 4.25. The third kappa shape index (κ3) is 3.29. The highest BCUT2D eigenvalue weighted by atomic mass is 32.2. The van der Waals surface area contributed by atoms with E-state index < -0.39 is 11.7 Å². The average Bonchev–Trinajstić information content (AvgIpc) is 2.78. The molecule has 25 heavy (non-hydrogen) atoms. The molecule has 0 fully saturated rings. The van der Waals surface area contributed by atoms with Gasteiger partial charge in [0.15, 0.2) is 0 Å². The monoisotopic (exact) mass is 367 g/mol. The summed E-state index contributed by atoms with van der Waals surface area (Å²) in [7, 11) is 3.74. The zero-order chi connectivity index (χ0) is 18.4. The molecule has 1 aromatic carbocycles. The smallest absolute Gasteiger partial charge is 0.349 e. The van der Waals surface area contributed by atoms with Crippen LogP contribution in [-0.2, 0) is 6.18 Å². The van der Waals surface area contributed by atoms with Crippen molar-refractivity contribution in [1.29, 1.82) is 0 Å². The highest BCUT2D eigenvalue weighted by Gasteiger charge is 2.37. The summed E-state index contributed by atoms with van der Waals surface area (Å²) in [5, 5.41) is 0.388. The van der Waals surface area contributed by atoms with Crippen LogP contribution >= 0.6 is 11.8 Å². The molecule has 0 N–H and O–H groups in total. The van der Waals surface area contributed by atoms with E-state index in [4.69, 9.17) is 0 Å². The van der Waals surface area contributed by atoms with Gasteiger partial charge in [0.1, 0.15) is 6.17 Å². The lowest BCUT2D eigenvalue weighted by Gasteiger charge is -2.30. The topological polar surface area (TPSA) is 19.4 Å². The van der Waals surface area contributed by atoms with E-state index in [1.807, 2.05) is 36.2 Å². The lowest BCUT2D eigenvalue weighted by atomic mass is 10.1. The van der Waals surface area contributed by atoms with E-state index >= 15 is 0 Å². The fraction of sp³-hybridized carbons (Fsp3) is 0.389. The molecule has 0 radical (unpaired) electrons. The molecule has 0 bridgehead atoms. The Morgan fingerprint density at radius 3 is 2.40 bits per heavy atom. The molecule has 2 heterocycles. The minimum atomic E-state index is -4.35. The number of hydrogen-bond acceptors (Lipinski definition) is 4. The number of rotatable bonds is 3. The molecule has 1 atom stereocenters. The van der Waals surface area contributed by atoms with Gasteiger partial charge in [-0.05, 0) is 24.3 Å². The standard InChI is InChI=1S/C18H20F3N3S/c1-11(2)25-16-10-22-8-7-13(16)17-23(3)14-6-5-12(18(19,20)21)9-15(14)24(17)4/h5-11,17H,1-4H3. The van der Waals surface area contributed by atoms with Crippen molar-refractivity contribution in [2.75, 3.05) is 23.9 Å². The molecule has 3 nitrogen and oxygen atoms in total. The van der Waals surface area contributed by atoms with Gasteiger partial charge in [-0.3, -0.25) is 4.98 Å². The minimum Gasteiger partial charge on any atom is -0.349 e. The number of alkyl halides is 3. The van der Waals surface area contributed by atoms with E-state index in [0.717, 1.165) is 22.2 Å². The van der Waals surface area contributed by atoms with Gasteiger partial charge in [0.2, 0.25) is 0 Å². The van der Waals surface area contributed by atoms with Gasteiger partial charge >= 0.3 is 6.18 Å². The van der Waals surface area contributed by atoms with Crippen LogP contribution in [0.3, 0.4) is 0 Å². The molecule has 1 aliphatic rings. The lowest BCUT2D eigenvalue weighted by Crippen LogP contribution is -2.31. The van der Waals surface area contributed by atoms with Crippen LogP contribution < -0.4 is 9.80 Å². The molecule has 3 rings (SSSR count). The second-order valence-electron chi connectivity index (χ2n) is 6.38. The van der Waals surface area contributed by atoms with Crippen LogP contribution in [0.25, 0.3) is 0 Å². The highest BCUT2D eigenvalue weighted by Crippen LogP contribution is 2.48. The predicted octanol–water partition coefficient (Wildman–Crippen LogP) is 5.19. The van der Waals surface area contributed by atoms with Crippen molar-refractivity contribution in [3.8, 4) is 0 Å². The van der Waals surface area contributed by atoms with Gasteiger partial charge in [-0.2, -0.15) is 13.2 Å². The van der Waals surface area contributed by atoms with E-state index in [9.17, 15) is 13.2 Å². The van der Waals surface area contributed by atoms with E-state index in [1.165, 1.54) is 6.07 Å². The second-order valence-corrected chi connectivity index (χ2v) is 8.00. The quantitative estimate of drug-likeness (QED) is 0.696. The van der Waals surface area contributed by atoms with Crippen LogP contribution in [0.5, 0.6) is 0 Å². The molecule has 134 valence electrons.